The van der Waals surface area contributed by atoms with Gasteiger partial charge in [0, 0.05) is 24.7 Å². The Labute approximate surface area is 200 Å². The number of hydrogen-bond donors (Lipinski definition) is 0. The molecule has 1 aliphatic carbocycles. The number of ether oxygens (including phenoxy) is 4. The first kappa shape index (κ1) is 24.1. The summed E-state index contributed by atoms with van der Waals surface area (Å²) in [4.78, 5) is 23.9. The molecule has 6 rings (SSSR count). The fourth-order valence-corrected chi connectivity index (χ4v) is 6.53. The van der Waals surface area contributed by atoms with Crippen LogP contribution in [-0.4, -0.2) is 37.0 Å². The van der Waals surface area contributed by atoms with Crippen LogP contribution in [0.15, 0.2) is 24.3 Å². The van der Waals surface area contributed by atoms with Crippen LogP contribution in [0, 0.1) is 29.5 Å². The van der Waals surface area contributed by atoms with E-state index in [1.165, 1.54) is 19.2 Å². The highest BCUT2D eigenvalue weighted by molar-refractivity contribution is 5.69. The zero-order chi connectivity index (χ0) is 24.1. The highest BCUT2D eigenvalue weighted by atomic mass is 19.1. The Hall–Kier alpha value is -1.58. The molecule has 2 bridgehead atoms. The number of hydrogen-bond acceptors (Lipinski definition) is 7. The monoisotopic (exact) mass is 478 g/mol. The van der Waals surface area contributed by atoms with Crippen LogP contribution >= 0.6 is 0 Å². The Kier molecular flexibility index (Phi) is 6.48. The zero-order valence-corrected chi connectivity index (χ0v) is 20.3. The summed E-state index contributed by atoms with van der Waals surface area (Å²) in [6, 6.07) is 6.17. The normalized spacial score (nSPS) is 41.9. The molecule has 1 unspecified atom stereocenters. The molecule has 4 aliphatic heterocycles. The number of rotatable bonds is 6. The van der Waals surface area contributed by atoms with Gasteiger partial charge >= 0.3 is 5.97 Å². The van der Waals surface area contributed by atoms with Crippen molar-refractivity contribution in [3.05, 3.63) is 35.6 Å². The van der Waals surface area contributed by atoms with E-state index in [-0.39, 0.29) is 36.0 Å². The van der Waals surface area contributed by atoms with Crippen LogP contribution < -0.4 is 0 Å². The molecular weight excluding hydrogens is 443 g/mol. The molecule has 7 nitrogen and oxygen atoms in total. The van der Waals surface area contributed by atoms with Crippen LogP contribution in [0.4, 0.5) is 4.39 Å². The molecule has 4 saturated heterocycles. The Morgan fingerprint density at radius 2 is 1.91 bits per heavy atom. The van der Waals surface area contributed by atoms with Crippen molar-refractivity contribution in [2.24, 2.45) is 23.7 Å². The van der Waals surface area contributed by atoms with E-state index >= 15 is 0 Å². The number of methoxy groups -OCH3 is 1. The average molecular weight is 479 g/mol. The molecule has 1 spiro atoms. The first-order valence-corrected chi connectivity index (χ1v) is 12.4. The third-order valence-electron chi connectivity index (χ3n) is 8.48. The van der Waals surface area contributed by atoms with E-state index in [0.717, 1.165) is 31.2 Å². The molecule has 1 saturated carbocycles. The standard InChI is InChI=1S/C26H35FO7/c1-15-5-10-20-16(2)23(31-24-26(20)19(15)13-14-25(3,32-24)33-34-26)30-21(11-12-22(28)29-4)17-6-8-18(27)9-7-17/h6-9,15-16,19-21,23-24H,5,10-14H2,1-4H3/t15-,16-,19+,20+,21-,23?,24-,25+,26-/m1/s1. The predicted molar refractivity (Wildman–Crippen MR) is 118 cm³/mol. The van der Waals surface area contributed by atoms with Crippen LogP contribution in [0.2, 0.25) is 0 Å². The second-order valence-electron chi connectivity index (χ2n) is 10.6. The van der Waals surface area contributed by atoms with Crippen LogP contribution in [0.25, 0.3) is 0 Å². The van der Waals surface area contributed by atoms with Crippen molar-refractivity contribution >= 4 is 5.97 Å². The lowest BCUT2D eigenvalue weighted by Crippen LogP contribution is -2.70. The number of esters is 1. The predicted octanol–water partition coefficient (Wildman–Crippen LogP) is 5.04. The van der Waals surface area contributed by atoms with E-state index in [0.29, 0.717) is 12.3 Å². The molecule has 8 heteroatoms. The number of halogens is 1. The van der Waals surface area contributed by atoms with E-state index in [1.54, 1.807) is 12.1 Å². The van der Waals surface area contributed by atoms with E-state index < -0.39 is 30.1 Å². The second-order valence-corrected chi connectivity index (χ2v) is 10.6. The van der Waals surface area contributed by atoms with Crippen LogP contribution in [0.5, 0.6) is 0 Å². The Morgan fingerprint density at radius 3 is 2.65 bits per heavy atom. The summed E-state index contributed by atoms with van der Waals surface area (Å²) >= 11 is 0. The lowest BCUT2D eigenvalue weighted by Gasteiger charge is -2.60. The number of fused-ring (bicyclic) bond motifs is 2. The van der Waals surface area contributed by atoms with Gasteiger partial charge in [-0.2, -0.15) is 0 Å². The van der Waals surface area contributed by atoms with E-state index in [4.69, 9.17) is 28.7 Å². The zero-order valence-electron chi connectivity index (χ0n) is 20.3. The molecule has 1 aromatic carbocycles. The summed E-state index contributed by atoms with van der Waals surface area (Å²) in [7, 11) is 1.36. The maximum Gasteiger partial charge on any atom is 0.305 e. The average Bonchev–Trinajstić information content (AvgIpc) is 3.06. The molecule has 5 fully saturated rings. The molecule has 0 radical (unpaired) electrons. The third-order valence-corrected chi connectivity index (χ3v) is 8.48. The maximum atomic E-state index is 13.6. The van der Waals surface area contributed by atoms with Gasteiger partial charge in [0.1, 0.15) is 5.82 Å². The Bertz CT molecular complexity index is 894. The first-order chi connectivity index (χ1) is 16.3. The van der Waals surface area contributed by atoms with E-state index in [2.05, 4.69) is 13.8 Å². The fraction of sp³-hybridized carbons (Fsp3) is 0.731. The van der Waals surface area contributed by atoms with Gasteiger partial charge in [0.15, 0.2) is 18.2 Å². The van der Waals surface area contributed by atoms with Crippen LogP contribution in [0.1, 0.15) is 71.0 Å². The molecular formula is C26H35FO7. The van der Waals surface area contributed by atoms with Gasteiger partial charge in [0.25, 0.3) is 0 Å². The van der Waals surface area contributed by atoms with Crippen LogP contribution in [-0.2, 0) is 33.5 Å². The largest absolute Gasteiger partial charge is 0.469 e. The van der Waals surface area contributed by atoms with E-state index in [1.807, 2.05) is 6.92 Å². The van der Waals surface area contributed by atoms with Crippen molar-refractivity contribution in [2.45, 2.75) is 89.4 Å². The van der Waals surface area contributed by atoms with Crippen molar-refractivity contribution in [3.8, 4) is 0 Å². The minimum Gasteiger partial charge on any atom is -0.469 e. The molecule has 5 aliphatic rings. The molecule has 0 amide bonds. The lowest BCUT2D eigenvalue weighted by atomic mass is 9.58. The number of benzene rings is 1. The van der Waals surface area contributed by atoms with Gasteiger partial charge in [-0.25, -0.2) is 14.2 Å². The summed E-state index contributed by atoms with van der Waals surface area (Å²) in [5.74, 6) is -0.613. The van der Waals surface area contributed by atoms with Crippen molar-refractivity contribution in [2.75, 3.05) is 7.11 Å². The van der Waals surface area contributed by atoms with Crippen LogP contribution in [0.3, 0.4) is 0 Å². The molecule has 188 valence electrons. The number of carbonyl (C=O) groups excluding carboxylic acids is 1. The molecule has 4 heterocycles. The first-order valence-electron chi connectivity index (χ1n) is 12.4. The highest BCUT2D eigenvalue weighted by Gasteiger charge is 2.69. The van der Waals surface area contributed by atoms with Crippen molar-refractivity contribution in [1.82, 2.24) is 0 Å². The maximum absolute atomic E-state index is 13.6. The topological polar surface area (TPSA) is 72.5 Å². The summed E-state index contributed by atoms with van der Waals surface area (Å²) in [5, 5.41) is 0. The van der Waals surface area contributed by atoms with Gasteiger partial charge in [-0.05, 0) is 62.1 Å². The minimum atomic E-state index is -0.857. The summed E-state index contributed by atoms with van der Waals surface area (Å²) in [6.07, 6.45) is 2.70. The van der Waals surface area contributed by atoms with Gasteiger partial charge < -0.3 is 18.9 Å². The van der Waals surface area contributed by atoms with Crippen molar-refractivity contribution < 1.29 is 37.9 Å². The smallest absolute Gasteiger partial charge is 0.305 e. The van der Waals surface area contributed by atoms with Gasteiger partial charge in [0.2, 0.25) is 5.79 Å². The third kappa shape index (κ3) is 4.07. The summed E-state index contributed by atoms with van der Waals surface area (Å²) < 4.78 is 37.9. The SMILES string of the molecule is COC(=O)CC[C@@H](OC1O[C@@H]2O[C@]3(C)CC[C@H]4[C@H](C)CC[C@@H]([C@H]1C)[C@@]24OO3)c1ccc(F)cc1. The Balaban J connectivity index is 1.42. The molecule has 34 heavy (non-hydrogen) atoms. The summed E-state index contributed by atoms with van der Waals surface area (Å²) in [5.41, 5.74) is 0.121. The second kappa shape index (κ2) is 9.13. The van der Waals surface area contributed by atoms with E-state index in [9.17, 15) is 9.18 Å². The lowest BCUT2D eigenvalue weighted by molar-refractivity contribution is -0.578. The molecule has 0 aromatic heterocycles. The fourth-order valence-electron chi connectivity index (χ4n) is 6.53. The number of carbonyl (C=O) groups is 1. The van der Waals surface area contributed by atoms with Crippen molar-refractivity contribution in [3.63, 3.8) is 0 Å². The van der Waals surface area contributed by atoms with Crippen molar-refractivity contribution in [1.29, 1.82) is 0 Å². The Morgan fingerprint density at radius 1 is 1.15 bits per heavy atom. The quantitative estimate of drug-likeness (QED) is 0.419. The highest BCUT2D eigenvalue weighted by Crippen LogP contribution is 2.60. The van der Waals surface area contributed by atoms with Gasteiger partial charge in [-0.15, -0.1) is 0 Å². The van der Waals surface area contributed by atoms with Gasteiger partial charge in [-0.3, -0.25) is 4.79 Å². The molecule has 0 N–H and O–H groups in total. The minimum absolute atomic E-state index is 0.00183. The summed E-state index contributed by atoms with van der Waals surface area (Å²) in [6.45, 7) is 6.30. The molecule has 9 atom stereocenters. The van der Waals surface area contributed by atoms with Gasteiger partial charge in [0.05, 0.1) is 13.2 Å². The molecule has 1 aromatic rings. The van der Waals surface area contributed by atoms with Gasteiger partial charge in [-0.1, -0.05) is 26.0 Å².